The molecular weight excluding hydrogens is 262 g/mol. The van der Waals surface area contributed by atoms with E-state index in [0.717, 1.165) is 13.0 Å². The fourth-order valence-corrected chi connectivity index (χ4v) is 4.22. The third-order valence-electron chi connectivity index (χ3n) is 4.19. The van der Waals surface area contributed by atoms with E-state index in [2.05, 4.69) is 59.2 Å². The summed E-state index contributed by atoms with van der Waals surface area (Å²) in [7, 11) is 0. The van der Waals surface area contributed by atoms with Gasteiger partial charge >= 0.3 is 0 Å². The van der Waals surface area contributed by atoms with Gasteiger partial charge in [-0.3, -0.25) is 0 Å². The van der Waals surface area contributed by atoms with E-state index in [-0.39, 0.29) is 0 Å². The highest BCUT2D eigenvalue weighted by Crippen LogP contribution is 2.32. The summed E-state index contributed by atoms with van der Waals surface area (Å²) in [5.41, 5.74) is 2.99. The van der Waals surface area contributed by atoms with Crippen LogP contribution in [0.5, 0.6) is 0 Å². The molecule has 0 radical (unpaired) electrons. The van der Waals surface area contributed by atoms with Gasteiger partial charge in [0, 0.05) is 10.9 Å². The molecule has 2 aromatic carbocycles. The molecule has 0 saturated heterocycles. The molecule has 0 saturated carbocycles. The van der Waals surface area contributed by atoms with Crippen LogP contribution in [-0.4, -0.2) is 6.54 Å². The monoisotopic (exact) mass is 279 g/mol. The van der Waals surface area contributed by atoms with E-state index in [1.165, 1.54) is 27.6 Å². The molecule has 1 atom stereocenters. The largest absolute Gasteiger partial charge is 0.309 e. The summed E-state index contributed by atoms with van der Waals surface area (Å²) < 4.78 is 0. The molecule has 0 bridgehead atoms. The summed E-state index contributed by atoms with van der Waals surface area (Å²) in [6.07, 6.45) is 2.25. The minimum Gasteiger partial charge on any atom is -0.309 e. The maximum atomic E-state index is 3.68. The smallest absolute Gasteiger partial charge is 0.0458 e. The van der Waals surface area contributed by atoms with Crippen molar-refractivity contribution in [2.75, 3.05) is 6.54 Å². The molecule has 1 aliphatic rings. The van der Waals surface area contributed by atoms with Gasteiger partial charge < -0.3 is 5.32 Å². The van der Waals surface area contributed by atoms with Gasteiger partial charge in [-0.15, -0.1) is 11.3 Å². The third kappa shape index (κ3) is 2.05. The SMILES string of the molecule is c1ccc2c(CC3NCCc4ccsc43)cccc2c1. The predicted molar refractivity (Wildman–Crippen MR) is 86.4 cm³/mol. The van der Waals surface area contributed by atoms with E-state index in [4.69, 9.17) is 0 Å². The molecule has 2 heterocycles. The van der Waals surface area contributed by atoms with Gasteiger partial charge in [0.25, 0.3) is 0 Å². The van der Waals surface area contributed by atoms with Gasteiger partial charge in [0.05, 0.1) is 0 Å². The lowest BCUT2D eigenvalue weighted by molar-refractivity contribution is 0.513. The van der Waals surface area contributed by atoms with Crippen molar-refractivity contribution >= 4 is 22.1 Å². The molecule has 1 nitrogen and oxygen atoms in total. The molecule has 0 fully saturated rings. The van der Waals surface area contributed by atoms with E-state index < -0.39 is 0 Å². The molecule has 1 aromatic heterocycles. The molecule has 2 heteroatoms. The lowest BCUT2D eigenvalue weighted by Crippen LogP contribution is -2.29. The predicted octanol–water partition coefficient (Wildman–Crippen LogP) is 4.33. The van der Waals surface area contributed by atoms with Gasteiger partial charge in [-0.25, -0.2) is 0 Å². The van der Waals surface area contributed by atoms with E-state index in [1.54, 1.807) is 5.56 Å². The van der Waals surface area contributed by atoms with Gasteiger partial charge in [-0.1, -0.05) is 42.5 Å². The maximum Gasteiger partial charge on any atom is 0.0458 e. The lowest BCUT2D eigenvalue weighted by atomic mass is 9.94. The topological polar surface area (TPSA) is 12.0 Å². The summed E-state index contributed by atoms with van der Waals surface area (Å²) in [6.45, 7) is 1.10. The molecular formula is C18H17NS. The van der Waals surface area contributed by atoms with Crippen molar-refractivity contribution in [2.45, 2.75) is 18.9 Å². The van der Waals surface area contributed by atoms with E-state index in [9.17, 15) is 0 Å². The Kier molecular flexibility index (Phi) is 3.06. The second kappa shape index (κ2) is 5.04. The molecule has 20 heavy (non-hydrogen) atoms. The highest BCUT2D eigenvalue weighted by molar-refractivity contribution is 7.10. The number of hydrogen-bond donors (Lipinski definition) is 1. The van der Waals surface area contributed by atoms with Crippen molar-refractivity contribution in [3.05, 3.63) is 69.9 Å². The summed E-state index contributed by atoms with van der Waals surface area (Å²) in [5, 5.41) is 8.64. The molecule has 0 amide bonds. The molecule has 1 N–H and O–H groups in total. The summed E-state index contributed by atoms with van der Waals surface area (Å²) in [5.74, 6) is 0. The first-order valence-electron chi connectivity index (χ1n) is 7.18. The van der Waals surface area contributed by atoms with Crippen LogP contribution < -0.4 is 5.32 Å². The fourth-order valence-electron chi connectivity index (χ4n) is 3.19. The maximum absolute atomic E-state index is 3.68. The van der Waals surface area contributed by atoms with Crippen molar-refractivity contribution in [3.8, 4) is 0 Å². The zero-order chi connectivity index (χ0) is 13.4. The molecule has 4 rings (SSSR count). The van der Waals surface area contributed by atoms with E-state index in [1.807, 2.05) is 11.3 Å². The van der Waals surface area contributed by atoms with Gasteiger partial charge in [0.15, 0.2) is 0 Å². The van der Waals surface area contributed by atoms with Gasteiger partial charge in [0.1, 0.15) is 0 Å². The Bertz CT molecular complexity index is 739. The highest BCUT2D eigenvalue weighted by atomic mass is 32.1. The quantitative estimate of drug-likeness (QED) is 0.736. The number of fused-ring (bicyclic) bond motifs is 2. The number of benzene rings is 2. The Hall–Kier alpha value is -1.64. The number of rotatable bonds is 2. The second-order valence-corrected chi connectivity index (χ2v) is 6.36. The van der Waals surface area contributed by atoms with Crippen LogP contribution in [0.4, 0.5) is 0 Å². The zero-order valence-electron chi connectivity index (χ0n) is 11.3. The van der Waals surface area contributed by atoms with Crippen LogP contribution in [-0.2, 0) is 12.8 Å². The summed E-state index contributed by atoms with van der Waals surface area (Å²) in [4.78, 5) is 1.53. The molecule has 1 aliphatic heterocycles. The second-order valence-electron chi connectivity index (χ2n) is 5.41. The van der Waals surface area contributed by atoms with Gasteiger partial charge in [-0.05, 0) is 52.7 Å². The zero-order valence-corrected chi connectivity index (χ0v) is 12.1. The Morgan fingerprint density at radius 3 is 2.95 bits per heavy atom. The fraction of sp³-hybridized carbons (Fsp3) is 0.222. The van der Waals surface area contributed by atoms with Crippen LogP contribution in [0, 0.1) is 0 Å². The Balaban J connectivity index is 1.73. The normalized spacial score (nSPS) is 18.1. The summed E-state index contributed by atoms with van der Waals surface area (Å²) >= 11 is 1.90. The van der Waals surface area contributed by atoms with Crippen molar-refractivity contribution < 1.29 is 0 Å². The first kappa shape index (κ1) is 12.1. The average Bonchev–Trinajstić information content (AvgIpc) is 2.97. The van der Waals surface area contributed by atoms with E-state index >= 15 is 0 Å². The van der Waals surface area contributed by atoms with Crippen LogP contribution in [0.25, 0.3) is 10.8 Å². The van der Waals surface area contributed by atoms with Crippen LogP contribution >= 0.6 is 11.3 Å². The molecule has 3 aromatic rings. The van der Waals surface area contributed by atoms with Gasteiger partial charge in [0.2, 0.25) is 0 Å². The van der Waals surface area contributed by atoms with Crippen LogP contribution in [0.15, 0.2) is 53.9 Å². The van der Waals surface area contributed by atoms with Crippen molar-refractivity contribution in [3.63, 3.8) is 0 Å². The lowest BCUT2D eigenvalue weighted by Gasteiger charge is -2.24. The first-order valence-corrected chi connectivity index (χ1v) is 8.06. The minimum atomic E-state index is 0.476. The first-order chi connectivity index (χ1) is 9.92. The van der Waals surface area contributed by atoms with Crippen molar-refractivity contribution in [2.24, 2.45) is 0 Å². The van der Waals surface area contributed by atoms with Crippen molar-refractivity contribution in [1.82, 2.24) is 5.32 Å². The molecule has 1 unspecified atom stereocenters. The average molecular weight is 279 g/mol. The Morgan fingerprint density at radius 1 is 1.05 bits per heavy atom. The van der Waals surface area contributed by atoms with Crippen molar-refractivity contribution in [1.29, 1.82) is 0 Å². The minimum absolute atomic E-state index is 0.476. The number of thiophene rings is 1. The van der Waals surface area contributed by atoms with Crippen LogP contribution in [0.1, 0.15) is 22.0 Å². The highest BCUT2D eigenvalue weighted by Gasteiger charge is 2.21. The summed E-state index contributed by atoms with van der Waals surface area (Å²) in [6, 6.07) is 18.1. The number of nitrogens with one attached hydrogen (secondary N) is 1. The van der Waals surface area contributed by atoms with Crippen LogP contribution in [0.2, 0.25) is 0 Å². The Morgan fingerprint density at radius 2 is 1.95 bits per heavy atom. The van der Waals surface area contributed by atoms with Crippen LogP contribution in [0.3, 0.4) is 0 Å². The third-order valence-corrected chi connectivity index (χ3v) is 5.26. The van der Waals surface area contributed by atoms with Gasteiger partial charge in [-0.2, -0.15) is 0 Å². The standard InChI is InChI=1S/C18H17NS/c1-2-7-16-13(4-1)5-3-6-15(16)12-17-18-14(8-10-19-17)9-11-20-18/h1-7,9,11,17,19H,8,10,12H2. The molecule has 100 valence electrons. The van der Waals surface area contributed by atoms with E-state index in [0.29, 0.717) is 6.04 Å². The Labute approximate surface area is 123 Å². The molecule has 0 spiro atoms. The number of hydrogen-bond acceptors (Lipinski definition) is 2. The molecule has 0 aliphatic carbocycles.